The van der Waals surface area contributed by atoms with Gasteiger partial charge in [-0.2, -0.15) is 0 Å². The highest BCUT2D eigenvalue weighted by Crippen LogP contribution is 2.22. The third kappa shape index (κ3) is 14.4. The van der Waals surface area contributed by atoms with Crippen LogP contribution in [0.15, 0.2) is 0 Å². The predicted molar refractivity (Wildman–Crippen MR) is 126 cm³/mol. The normalized spacial score (nSPS) is 19.1. The van der Waals surface area contributed by atoms with Crippen LogP contribution in [0.5, 0.6) is 0 Å². The van der Waals surface area contributed by atoms with Gasteiger partial charge in [0.1, 0.15) is 11.6 Å². The molecule has 3 N–H and O–H groups in total. The maximum absolute atomic E-state index is 11.5. The first kappa shape index (κ1) is 27.7. The fourth-order valence-electron chi connectivity index (χ4n) is 4.35. The van der Waals surface area contributed by atoms with E-state index in [4.69, 9.17) is 9.84 Å². The first-order chi connectivity index (χ1) is 14.7. The summed E-state index contributed by atoms with van der Waals surface area (Å²) in [6.45, 7) is 7.31. The number of ether oxygens (including phenoxy) is 1. The molecule has 0 aromatic carbocycles. The first-order valence-electron chi connectivity index (χ1n) is 12.7. The molecule has 1 amide bonds. The van der Waals surface area contributed by atoms with E-state index in [0.29, 0.717) is 6.42 Å². The fourth-order valence-corrected chi connectivity index (χ4v) is 4.35. The molecular weight excluding hydrogens is 392 g/mol. The number of carboxylic acid groups (broad SMARTS) is 1. The van der Waals surface area contributed by atoms with Gasteiger partial charge >= 0.3 is 12.1 Å². The lowest BCUT2D eigenvalue weighted by molar-refractivity contribution is -0.139. The highest BCUT2D eigenvalue weighted by atomic mass is 16.6. The maximum atomic E-state index is 11.5. The molecule has 2 rings (SSSR count). The quantitative estimate of drug-likeness (QED) is 0.373. The molecule has 0 heterocycles. The van der Waals surface area contributed by atoms with Gasteiger partial charge in [0.25, 0.3) is 0 Å². The maximum Gasteiger partial charge on any atom is 0.408 e. The fraction of sp³-hybridized carbons (Fsp3) is 0.920. The number of aliphatic carboxylic acids is 1. The lowest BCUT2D eigenvalue weighted by atomic mass is 9.91. The van der Waals surface area contributed by atoms with Crippen molar-refractivity contribution in [2.75, 3.05) is 0 Å². The Labute approximate surface area is 190 Å². The molecule has 31 heavy (non-hydrogen) atoms. The van der Waals surface area contributed by atoms with Gasteiger partial charge in [-0.05, 0) is 52.9 Å². The van der Waals surface area contributed by atoms with Gasteiger partial charge in [-0.15, -0.1) is 0 Å². The summed E-state index contributed by atoms with van der Waals surface area (Å²) in [4.78, 5) is 22.5. The zero-order chi connectivity index (χ0) is 23.1. The van der Waals surface area contributed by atoms with E-state index in [1.807, 2.05) is 0 Å². The molecule has 0 spiro atoms. The molecule has 2 fully saturated rings. The van der Waals surface area contributed by atoms with Crippen molar-refractivity contribution in [3.63, 3.8) is 0 Å². The summed E-state index contributed by atoms with van der Waals surface area (Å²) in [7, 11) is 0. The summed E-state index contributed by atoms with van der Waals surface area (Å²) >= 11 is 0. The van der Waals surface area contributed by atoms with Crippen molar-refractivity contribution in [2.45, 2.75) is 148 Å². The largest absolute Gasteiger partial charge is 0.480 e. The van der Waals surface area contributed by atoms with Crippen molar-refractivity contribution >= 4 is 12.1 Å². The molecule has 2 saturated carbocycles. The van der Waals surface area contributed by atoms with Crippen molar-refractivity contribution in [1.29, 1.82) is 0 Å². The van der Waals surface area contributed by atoms with Gasteiger partial charge in [0.05, 0.1) is 0 Å². The van der Waals surface area contributed by atoms with Crippen LogP contribution in [0.1, 0.15) is 124 Å². The van der Waals surface area contributed by atoms with Crippen LogP contribution in [0.25, 0.3) is 0 Å². The Bertz CT molecular complexity index is 476. The molecular formula is C25H48N2O4. The number of hydrogen-bond acceptors (Lipinski definition) is 4. The average molecular weight is 441 g/mol. The SMILES string of the molecule is C1CCC(NC2CCCCC2)CC1.CCCCCC[C@H](NC(=O)OC(C)(C)C)C(=O)O. The number of amides is 1. The molecule has 0 radical (unpaired) electrons. The standard InChI is InChI=1S/C13H25NO4.C12H23N/c1-5-6-7-8-9-10(11(15)16)14-12(17)18-13(2,3)4;1-3-7-11(8-4-1)13-12-9-5-2-6-10-12/h10H,5-9H2,1-4H3,(H,14,17)(H,15,16);11-13H,1-10H2/t10-;/m0./s1. The minimum atomic E-state index is -1.02. The lowest BCUT2D eigenvalue weighted by Gasteiger charge is -2.30. The second-order valence-electron chi connectivity index (χ2n) is 10.2. The van der Waals surface area contributed by atoms with Crippen LogP contribution in [-0.4, -0.2) is 40.9 Å². The number of alkyl carbamates (subject to hydrolysis) is 1. The van der Waals surface area contributed by atoms with E-state index in [-0.39, 0.29) is 0 Å². The van der Waals surface area contributed by atoms with E-state index in [1.165, 1.54) is 64.2 Å². The number of nitrogens with one attached hydrogen (secondary N) is 2. The molecule has 2 aliphatic rings. The first-order valence-corrected chi connectivity index (χ1v) is 12.7. The number of carbonyl (C=O) groups excluding carboxylic acids is 1. The van der Waals surface area contributed by atoms with Gasteiger partial charge in [-0.1, -0.05) is 71.1 Å². The lowest BCUT2D eigenvalue weighted by Crippen LogP contribution is -2.43. The number of carboxylic acids is 1. The monoisotopic (exact) mass is 440 g/mol. The molecule has 6 nitrogen and oxygen atoms in total. The second-order valence-corrected chi connectivity index (χ2v) is 10.2. The molecule has 1 atom stereocenters. The van der Waals surface area contributed by atoms with Crippen LogP contribution in [0.2, 0.25) is 0 Å². The zero-order valence-corrected chi connectivity index (χ0v) is 20.5. The summed E-state index contributed by atoms with van der Waals surface area (Å²) in [5.41, 5.74) is -0.616. The third-order valence-corrected chi connectivity index (χ3v) is 6.02. The third-order valence-electron chi connectivity index (χ3n) is 6.02. The molecule has 0 aliphatic heterocycles. The van der Waals surface area contributed by atoms with Crippen LogP contribution in [0, 0.1) is 0 Å². The number of hydrogen-bond donors (Lipinski definition) is 3. The van der Waals surface area contributed by atoms with Gasteiger partial charge in [0.15, 0.2) is 0 Å². The van der Waals surface area contributed by atoms with E-state index < -0.39 is 23.7 Å². The average Bonchev–Trinajstić information content (AvgIpc) is 2.71. The summed E-state index contributed by atoms with van der Waals surface area (Å²) in [6.07, 6.45) is 18.3. The Morgan fingerprint density at radius 2 is 1.42 bits per heavy atom. The summed E-state index contributed by atoms with van der Waals surface area (Å²) in [5, 5.41) is 15.3. The van der Waals surface area contributed by atoms with E-state index in [0.717, 1.165) is 37.8 Å². The summed E-state index contributed by atoms with van der Waals surface area (Å²) in [6, 6.07) is 0.880. The van der Waals surface area contributed by atoms with E-state index in [1.54, 1.807) is 20.8 Å². The molecule has 0 aromatic heterocycles. The molecule has 182 valence electrons. The molecule has 2 aliphatic carbocycles. The van der Waals surface area contributed by atoms with Crippen molar-refractivity contribution in [3.8, 4) is 0 Å². The van der Waals surface area contributed by atoms with E-state index >= 15 is 0 Å². The predicted octanol–water partition coefficient (Wildman–Crippen LogP) is 6.18. The van der Waals surface area contributed by atoms with Crippen molar-refractivity contribution in [3.05, 3.63) is 0 Å². The Kier molecular flexibility index (Phi) is 13.9. The minimum Gasteiger partial charge on any atom is -0.480 e. The van der Waals surface area contributed by atoms with Gasteiger partial charge in [-0.3, -0.25) is 0 Å². The number of unbranched alkanes of at least 4 members (excludes halogenated alkanes) is 3. The van der Waals surface area contributed by atoms with E-state index in [9.17, 15) is 9.59 Å². The Balaban J connectivity index is 0.000000323. The summed E-state index contributed by atoms with van der Waals surface area (Å²) < 4.78 is 5.03. The molecule has 0 unspecified atom stereocenters. The van der Waals surface area contributed by atoms with Crippen LogP contribution >= 0.6 is 0 Å². The molecule has 0 saturated heterocycles. The van der Waals surface area contributed by atoms with Crippen molar-refractivity contribution in [1.82, 2.24) is 10.6 Å². The van der Waals surface area contributed by atoms with Gasteiger partial charge in [0.2, 0.25) is 0 Å². The van der Waals surface area contributed by atoms with Gasteiger partial charge in [-0.25, -0.2) is 9.59 Å². The van der Waals surface area contributed by atoms with E-state index in [2.05, 4.69) is 17.6 Å². The Morgan fingerprint density at radius 1 is 0.903 bits per heavy atom. The highest BCUT2D eigenvalue weighted by Gasteiger charge is 2.23. The molecule has 0 bridgehead atoms. The van der Waals surface area contributed by atoms with Crippen molar-refractivity contribution in [2.24, 2.45) is 0 Å². The topological polar surface area (TPSA) is 87.7 Å². The smallest absolute Gasteiger partial charge is 0.408 e. The van der Waals surface area contributed by atoms with Crippen LogP contribution < -0.4 is 10.6 Å². The van der Waals surface area contributed by atoms with Crippen LogP contribution in [-0.2, 0) is 9.53 Å². The second kappa shape index (κ2) is 15.5. The minimum absolute atomic E-state index is 0.439. The zero-order valence-electron chi connectivity index (χ0n) is 20.5. The number of carbonyl (C=O) groups is 2. The number of rotatable bonds is 9. The Morgan fingerprint density at radius 3 is 1.84 bits per heavy atom. The molecule has 0 aromatic rings. The highest BCUT2D eigenvalue weighted by molar-refractivity contribution is 5.79. The Hall–Kier alpha value is -1.30. The van der Waals surface area contributed by atoms with Crippen LogP contribution in [0.3, 0.4) is 0 Å². The van der Waals surface area contributed by atoms with Crippen LogP contribution in [0.4, 0.5) is 4.79 Å². The summed E-state index contributed by atoms with van der Waals surface area (Å²) in [5.74, 6) is -1.02. The van der Waals surface area contributed by atoms with Crippen molar-refractivity contribution < 1.29 is 19.4 Å². The van der Waals surface area contributed by atoms with Gasteiger partial charge < -0.3 is 20.5 Å². The van der Waals surface area contributed by atoms with Gasteiger partial charge in [0, 0.05) is 12.1 Å². The molecule has 6 heteroatoms.